The van der Waals surface area contributed by atoms with Crippen molar-refractivity contribution in [2.24, 2.45) is 22.9 Å². The van der Waals surface area contributed by atoms with Gasteiger partial charge in [0.15, 0.2) is 0 Å². The largest absolute Gasteiger partial charge is 0.507 e. The average Bonchev–Trinajstić information content (AvgIpc) is 2.95. The molecule has 0 saturated carbocycles. The molecule has 1 aromatic heterocycles. The van der Waals surface area contributed by atoms with E-state index in [0.29, 0.717) is 11.1 Å². The van der Waals surface area contributed by atoms with Crippen LogP contribution in [0.2, 0.25) is 0 Å². The number of urea groups is 2. The summed E-state index contributed by atoms with van der Waals surface area (Å²) in [6.45, 7) is 0. The van der Waals surface area contributed by atoms with Crippen LogP contribution in [0.25, 0.3) is 22.2 Å². The first-order chi connectivity index (χ1) is 11.3. The number of fused-ring (bicyclic) bond motifs is 1. The summed E-state index contributed by atoms with van der Waals surface area (Å²) >= 11 is 0. The van der Waals surface area contributed by atoms with Crippen LogP contribution in [0, 0.1) is 0 Å². The van der Waals surface area contributed by atoms with Crippen molar-refractivity contribution in [2.45, 2.75) is 0 Å². The second-order valence-electron chi connectivity index (χ2n) is 4.32. The number of nitrogens with two attached hydrogens (primary N) is 4. The van der Waals surface area contributed by atoms with E-state index < -0.39 is 12.1 Å². The van der Waals surface area contributed by atoms with E-state index in [9.17, 15) is 5.11 Å². The van der Waals surface area contributed by atoms with Crippen molar-refractivity contribution >= 4 is 23.1 Å². The maximum absolute atomic E-state index is 9.90. The summed E-state index contributed by atoms with van der Waals surface area (Å²) in [6, 6.07) is 11.4. The molecular formula is C14H17N7O3. The Hall–Kier alpha value is -3.82. The molecule has 0 aliphatic heterocycles. The van der Waals surface area contributed by atoms with Crippen molar-refractivity contribution in [2.75, 3.05) is 0 Å². The highest BCUT2D eigenvalue weighted by atomic mass is 16.3. The Bertz CT molecular complexity index is 798. The molecule has 1 heterocycles. The highest BCUT2D eigenvalue weighted by Crippen LogP contribution is 2.34. The molecule has 24 heavy (non-hydrogen) atoms. The van der Waals surface area contributed by atoms with Gasteiger partial charge in [-0.15, -0.1) is 0 Å². The molecule has 0 saturated heterocycles. The molecular weight excluding hydrogens is 314 g/mol. The van der Waals surface area contributed by atoms with Crippen molar-refractivity contribution in [3.05, 3.63) is 42.5 Å². The molecule has 10 nitrogen and oxygen atoms in total. The molecule has 0 radical (unpaired) electrons. The minimum atomic E-state index is -0.833. The lowest BCUT2D eigenvalue weighted by Gasteiger charge is -2.04. The van der Waals surface area contributed by atoms with Gasteiger partial charge >= 0.3 is 12.1 Å². The fourth-order valence-electron chi connectivity index (χ4n) is 1.79. The quantitative estimate of drug-likeness (QED) is 0.373. The number of H-pyrrole nitrogens is 1. The van der Waals surface area contributed by atoms with E-state index in [0.717, 1.165) is 11.1 Å². The predicted octanol–water partition coefficient (Wildman–Crippen LogP) is 0.378. The molecule has 0 unspecified atom stereocenters. The van der Waals surface area contributed by atoms with Crippen molar-refractivity contribution in [1.29, 1.82) is 0 Å². The molecule has 2 aromatic carbocycles. The second-order valence-corrected chi connectivity index (χ2v) is 4.32. The van der Waals surface area contributed by atoms with Gasteiger partial charge in [0.05, 0.1) is 5.56 Å². The normalized spacial score (nSPS) is 9.17. The zero-order valence-corrected chi connectivity index (χ0v) is 12.5. The fraction of sp³-hybridized carbons (Fsp3) is 0. The number of hydrogen-bond acceptors (Lipinski definition) is 5. The first-order valence-corrected chi connectivity index (χ1v) is 6.50. The van der Waals surface area contributed by atoms with Crippen molar-refractivity contribution < 1.29 is 14.7 Å². The summed E-state index contributed by atoms with van der Waals surface area (Å²) in [5, 5.41) is 20.5. The van der Waals surface area contributed by atoms with E-state index in [2.05, 4.69) is 38.3 Å². The molecule has 3 aromatic rings. The van der Waals surface area contributed by atoms with Gasteiger partial charge in [0, 0.05) is 0 Å². The van der Waals surface area contributed by atoms with Crippen LogP contribution in [0.4, 0.5) is 9.59 Å². The van der Waals surface area contributed by atoms with E-state index in [1.807, 2.05) is 30.3 Å². The highest BCUT2D eigenvalue weighted by Gasteiger charge is 2.11. The van der Waals surface area contributed by atoms with Crippen LogP contribution >= 0.6 is 0 Å². The molecule has 0 spiro atoms. The Morgan fingerprint density at radius 3 is 1.96 bits per heavy atom. The Labute approximate surface area is 136 Å². The molecule has 4 amide bonds. The van der Waals surface area contributed by atoms with Crippen molar-refractivity contribution in [1.82, 2.24) is 15.4 Å². The molecule has 10 heteroatoms. The van der Waals surface area contributed by atoms with Gasteiger partial charge in [0.1, 0.15) is 16.8 Å². The van der Waals surface area contributed by atoms with Gasteiger partial charge in [0.2, 0.25) is 0 Å². The Kier molecular flexibility index (Phi) is 6.52. The van der Waals surface area contributed by atoms with Crippen LogP contribution in [-0.2, 0) is 0 Å². The topological polar surface area (TPSA) is 200 Å². The third-order valence-electron chi connectivity index (χ3n) is 2.53. The number of hydrogen-bond donors (Lipinski definition) is 6. The van der Waals surface area contributed by atoms with Gasteiger partial charge in [-0.1, -0.05) is 30.3 Å². The van der Waals surface area contributed by atoms with Gasteiger partial charge in [-0.3, -0.25) is 0 Å². The number of nitrogens with one attached hydrogen (secondary N) is 1. The molecule has 0 atom stereocenters. The summed E-state index contributed by atoms with van der Waals surface area (Å²) in [4.78, 5) is 18.0. The monoisotopic (exact) mass is 331 g/mol. The standard InChI is InChI=1S/C12H9N3O.2CH4N2O/c16-10-7-6-9-12(14-15-13-9)11(10)8-4-2-1-3-5-8;2*2-1(3)4/h1-7,16H,(H,13,14,15);2*(H4,2,3,4). The van der Waals surface area contributed by atoms with E-state index in [-0.39, 0.29) is 5.75 Å². The van der Waals surface area contributed by atoms with Crippen LogP contribution in [0.15, 0.2) is 42.5 Å². The maximum Gasteiger partial charge on any atom is 0.309 e. The molecule has 0 fully saturated rings. The van der Waals surface area contributed by atoms with Gasteiger partial charge in [-0.05, 0) is 17.7 Å². The molecule has 3 rings (SSSR count). The summed E-state index contributed by atoms with van der Waals surface area (Å²) in [6.07, 6.45) is 0. The molecule has 126 valence electrons. The molecule has 0 aliphatic rings. The van der Waals surface area contributed by atoms with Gasteiger partial charge < -0.3 is 28.0 Å². The van der Waals surface area contributed by atoms with Crippen LogP contribution < -0.4 is 22.9 Å². The summed E-state index contributed by atoms with van der Waals surface area (Å²) in [5.74, 6) is 0.215. The fourth-order valence-corrected chi connectivity index (χ4v) is 1.79. The third kappa shape index (κ3) is 5.52. The average molecular weight is 331 g/mol. The second kappa shape index (κ2) is 8.58. The molecule has 0 aliphatic carbocycles. The number of amides is 4. The number of rotatable bonds is 1. The zero-order chi connectivity index (χ0) is 18.1. The number of aromatic nitrogens is 3. The van der Waals surface area contributed by atoms with Crippen LogP contribution in [-0.4, -0.2) is 32.6 Å². The Morgan fingerprint density at radius 2 is 1.42 bits per heavy atom. The number of phenolic OH excluding ortho intramolecular Hbond substituents is 1. The van der Waals surface area contributed by atoms with Crippen LogP contribution in [0.1, 0.15) is 0 Å². The summed E-state index contributed by atoms with van der Waals surface area (Å²) in [5.41, 5.74) is 20.1. The van der Waals surface area contributed by atoms with Gasteiger partial charge in [-0.25, -0.2) is 9.59 Å². The number of carbonyl (C=O) groups is 2. The number of aromatic amines is 1. The lowest BCUT2D eigenvalue weighted by atomic mass is 10.0. The molecule has 0 bridgehead atoms. The smallest absolute Gasteiger partial charge is 0.309 e. The summed E-state index contributed by atoms with van der Waals surface area (Å²) < 4.78 is 0. The highest BCUT2D eigenvalue weighted by molar-refractivity contribution is 5.94. The van der Waals surface area contributed by atoms with Crippen molar-refractivity contribution in [3.8, 4) is 16.9 Å². The van der Waals surface area contributed by atoms with E-state index in [1.54, 1.807) is 12.1 Å². The van der Waals surface area contributed by atoms with E-state index in [4.69, 9.17) is 9.59 Å². The zero-order valence-electron chi connectivity index (χ0n) is 12.5. The SMILES string of the molecule is NC(N)=O.NC(N)=O.Oc1ccc2n[nH]nc2c1-c1ccccc1. The first-order valence-electron chi connectivity index (χ1n) is 6.50. The number of nitrogens with zero attached hydrogens (tertiary/aromatic N) is 2. The van der Waals surface area contributed by atoms with Crippen molar-refractivity contribution in [3.63, 3.8) is 0 Å². The lowest BCUT2D eigenvalue weighted by molar-refractivity contribution is 0.255. The van der Waals surface area contributed by atoms with Gasteiger partial charge in [-0.2, -0.15) is 15.4 Å². The first kappa shape index (κ1) is 18.2. The number of benzene rings is 2. The number of aromatic hydroxyl groups is 1. The van der Waals surface area contributed by atoms with Gasteiger partial charge in [0.25, 0.3) is 0 Å². The Balaban J connectivity index is 0.000000306. The lowest BCUT2D eigenvalue weighted by Crippen LogP contribution is -2.18. The molecule has 10 N–H and O–H groups in total. The van der Waals surface area contributed by atoms with E-state index in [1.165, 1.54) is 0 Å². The maximum atomic E-state index is 9.90. The van der Waals surface area contributed by atoms with E-state index >= 15 is 0 Å². The minimum absolute atomic E-state index is 0.215. The number of carbonyl (C=O) groups excluding carboxylic acids is 2. The van der Waals surface area contributed by atoms with Crippen LogP contribution in [0.5, 0.6) is 5.75 Å². The summed E-state index contributed by atoms with van der Waals surface area (Å²) in [7, 11) is 0. The number of phenols is 1. The predicted molar refractivity (Wildman–Crippen MR) is 88.5 cm³/mol. The minimum Gasteiger partial charge on any atom is -0.507 e. The number of primary amides is 4. The third-order valence-corrected chi connectivity index (χ3v) is 2.53. The van der Waals surface area contributed by atoms with Crippen LogP contribution in [0.3, 0.4) is 0 Å². The Morgan fingerprint density at radius 1 is 0.875 bits per heavy atom.